The number of amides is 1. The highest BCUT2D eigenvalue weighted by molar-refractivity contribution is 5.95. The third-order valence-electron chi connectivity index (χ3n) is 6.66. The Balaban J connectivity index is 1.61. The van der Waals surface area contributed by atoms with Crippen LogP contribution in [0.4, 0.5) is 0 Å². The SMILES string of the molecule is CC(=O)n1cc(C2C=C(C(=O)N3CCCCCCC3)OC(OCCOCCO)C2)c2ccccc21. The summed E-state index contributed by atoms with van der Waals surface area (Å²) < 4.78 is 19.0. The van der Waals surface area contributed by atoms with E-state index in [0.29, 0.717) is 18.8 Å². The predicted molar refractivity (Wildman–Crippen MR) is 132 cm³/mol. The number of rotatable bonds is 8. The zero-order chi connectivity index (χ0) is 24.6. The summed E-state index contributed by atoms with van der Waals surface area (Å²) in [6.07, 6.45) is 9.16. The quantitative estimate of drug-likeness (QED) is 0.573. The summed E-state index contributed by atoms with van der Waals surface area (Å²) >= 11 is 0. The molecule has 1 fully saturated rings. The first-order valence-corrected chi connectivity index (χ1v) is 12.7. The zero-order valence-corrected chi connectivity index (χ0v) is 20.5. The van der Waals surface area contributed by atoms with E-state index in [9.17, 15) is 9.59 Å². The molecule has 8 nitrogen and oxygen atoms in total. The lowest BCUT2D eigenvalue weighted by Gasteiger charge is -2.32. The first-order chi connectivity index (χ1) is 17.1. The maximum Gasteiger partial charge on any atom is 0.288 e. The molecule has 1 amide bonds. The molecule has 1 aromatic heterocycles. The first kappa shape index (κ1) is 25.4. The lowest BCUT2D eigenvalue weighted by atomic mass is 9.92. The fourth-order valence-electron chi connectivity index (χ4n) is 4.90. The van der Waals surface area contributed by atoms with E-state index in [1.807, 2.05) is 41.4 Å². The number of carbonyl (C=O) groups is 2. The van der Waals surface area contributed by atoms with Crippen molar-refractivity contribution in [2.75, 3.05) is 39.5 Å². The Bertz CT molecular complexity index is 1040. The first-order valence-electron chi connectivity index (χ1n) is 12.7. The van der Waals surface area contributed by atoms with Gasteiger partial charge in [0.1, 0.15) is 0 Å². The molecule has 1 aromatic carbocycles. The number of aromatic nitrogens is 1. The van der Waals surface area contributed by atoms with Crippen molar-refractivity contribution in [3.63, 3.8) is 0 Å². The van der Waals surface area contributed by atoms with Gasteiger partial charge in [-0.05, 0) is 30.5 Å². The molecule has 4 rings (SSSR count). The van der Waals surface area contributed by atoms with Crippen molar-refractivity contribution in [3.05, 3.63) is 47.9 Å². The molecule has 2 aromatic rings. The Morgan fingerprint density at radius 1 is 1.06 bits per heavy atom. The van der Waals surface area contributed by atoms with Crippen LogP contribution in [-0.4, -0.2) is 72.2 Å². The van der Waals surface area contributed by atoms with Gasteiger partial charge in [0.05, 0.1) is 31.9 Å². The average Bonchev–Trinajstić information content (AvgIpc) is 3.23. The molecular formula is C27H36N2O6. The van der Waals surface area contributed by atoms with Crippen molar-refractivity contribution in [1.29, 1.82) is 0 Å². The second-order valence-corrected chi connectivity index (χ2v) is 9.18. The number of para-hydroxylation sites is 1. The topological polar surface area (TPSA) is 90.2 Å². The van der Waals surface area contributed by atoms with Gasteiger partial charge in [-0.1, -0.05) is 37.5 Å². The van der Waals surface area contributed by atoms with Crippen molar-refractivity contribution < 1.29 is 28.9 Å². The Hall–Kier alpha value is -2.68. The third kappa shape index (κ3) is 6.31. The summed E-state index contributed by atoms with van der Waals surface area (Å²) in [5.74, 6) is 0.000335. The van der Waals surface area contributed by atoms with Gasteiger partial charge in [-0.25, -0.2) is 0 Å². The molecule has 0 spiro atoms. The molecule has 2 aliphatic heterocycles. The Morgan fingerprint density at radius 3 is 2.54 bits per heavy atom. The van der Waals surface area contributed by atoms with E-state index in [-0.39, 0.29) is 37.6 Å². The van der Waals surface area contributed by atoms with Crippen LogP contribution in [0.2, 0.25) is 0 Å². The van der Waals surface area contributed by atoms with Crippen LogP contribution in [0.15, 0.2) is 42.3 Å². The number of allylic oxidation sites excluding steroid dienone is 1. The Morgan fingerprint density at radius 2 is 1.80 bits per heavy atom. The van der Waals surface area contributed by atoms with Crippen molar-refractivity contribution in [2.24, 2.45) is 0 Å². The minimum absolute atomic E-state index is 0.0422. The largest absolute Gasteiger partial charge is 0.459 e. The van der Waals surface area contributed by atoms with E-state index < -0.39 is 6.29 Å². The molecule has 8 heteroatoms. The third-order valence-corrected chi connectivity index (χ3v) is 6.66. The van der Waals surface area contributed by atoms with Crippen LogP contribution in [0, 0.1) is 0 Å². The molecule has 3 heterocycles. The summed E-state index contributed by atoms with van der Waals surface area (Å²) in [7, 11) is 0. The van der Waals surface area contributed by atoms with E-state index in [1.165, 1.54) is 6.42 Å². The van der Waals surface area contributed by atoms with Crippen LogP contribution in [0.5, 0.6) is 0 Å². The highest BCUT2D eigenvalue weighted by atomic mass is 16.7. The number of likely N-dealkylation sites (tertiary alicyclic amines) is 1. The summed E-state index contributed by atoms with van der Waals surface area (Å²) in [4.78, 5) is 27.7. The molecule has 0 bridgehead atoms. The van der Waals surface area contributed by atoms with Gasteiger partial charge in [-0.3, -0.25) is 14.2 Å². The molecule has 0 saturated carbocycles. The number of ether oxygens (including phenoxy) is 3. The van der Waals surface area contributed by atoms with Crippen LogP contribution >= 0.6 is 0 Å². The fraction of sp³-hybridized carbons (Fsp3) is 0.556. The van der Waals surface area contributed by atoms with Crippen molar-refractivity contribution in [2.45, 2.75) is 57.7 Å². The van der Waals surface area contributed by atoms with E-state index in [1.54, 1.807) is 11.5 Å². The van der Waals surface area contributed by atoms with Crippen molar-refractivity contribution >= 4 is 22.7 Å². The number of benzene rings is 1. The lowest BCUT2D eigenvalue weighted by Crippen LogP contribution is -2.38. The molecule has 2 aliphatic rings. The summed E-state index contributed by atoms with van der Waals surface area (Å²) in [5.41, 5.74) is 1.82. The number of aliphatic hydroxyl groups excluding tert-OH is 1. The van der Waals surface area contributed by atoms with Gasteiger partial charge < -0.3 is 24.2 Å². The Kier molecular flexibility index (Phi) is 8.95. The van der Waals surface area contributed by atoms with Gasteiger partial charge in [0.15, 0.2) is 5.76 Å². The molecular weight excluding hydrogens is 448 g/mol. The molecule has 190 valence electrons. The number of aliphatic hydroxyl groups is 1. The zero-order valence-electron chi connectivity index (χ0n) is 20.5. The van der Waals surface area contributed by atoms with Crippen LogP contribution in [0.1, 0.15) is 61.7 Å². The second-order valence-electron chi connectivity index (χ2n) is 9.18. The molecule has 2 unspecified atom stereocenters. The predicted octanol–water partition coefficient (Wildman–Crippen LogP) is 3.83. The maximum atomic E-state index is 13.5. The highest BCUT2D eigenvalue weighted by Gasteiger charge is 2.32. The van der Waals surface area contributed by atoms with Gasteiger partial charge in [-0.2, -0.15) is 0 Å². The van der Waals surface area contributed by atoms with Crippen molar-refractivity contribution in [1.82, 2.24) is 9.47 Å². The number of carbonyl (C=O) groups excluding carboxylic acids is 2. The maximum absolute atomic E-state index is 13.5. The molecule has 2 atom stereocenters. The van der Waals surface area contributed by atoms with Crippen LogP contribution in [0.3, 0.4) is 0 Å². The highest BCUT2D eigenvalue weighted by Crippen LogP contribution is 2.37. The minimum Gasteiger partial charge on any atom is -0.459 e. The smallest absolute Gasteiger partial charge is 0.288 e. The summed E-state index contributed by atoms with van der Waals surface area (Å²) in [6.45, 7) is 3.83. The van der Waals surface area contributed by atoms with E-state index in [0.717, 1.165) is 55.2 Å². The second kappa shape index (κ2) is 12.3. The minimum atomic E-state index is -0.615. The summed E-state index contributed by atoms with van der Waals surface area (Å²) in [5, 5.41) is 9.87. The van der Waals surface area contributed by atoms with E-state index >= 15 is 0 Å². The standard InChI is InChI=1S/C27H36N2O6/c1-20(31)29-19-23(22-9-5-6-10-24(22)29)21-17-25(27(32)28-11-7-3-2-4-8-12-28)35-26(18-21)34-16-15-33-14-13-30/h5-6,9-10,17,19,21,26,30H,2-4,7-8,11-16,18H2,1H3. The van der Waals surface area contributed by atoms with Gasteiger partial charge in [0, 0.05) is 43.9 Å². The molecule has 0 aliphatic carbocycles. The van der Waals surface area contributed by atoms with Gasteiger partial charge in [0.25, 0.3) is 5.91 Å². The Labute approximate surface area is 206 Å². The molecule has 0 radical (unpaired) electrons. The number of nitrogens with zero attached hydrogens (tertiary/aromatic N) is 2. The van der Waals surface area contributed by atoms with Gasteiger partial charge in [-0.15, -0.1) is 0 Å². The van der Waals surface area contributed by atoms with E-state index in [4.69, 9.17) is 19.3 Å². The van der Waals surface area contributed by atoms with Crippen LogP contribution in [-0.2, 0) is 19.0 Å². The van der Waals surface area contributed by atoms with Gasteiger partial charge >= 0.3 is 0 Å². The normalized spacial score (nSPS) is 21.2. The molecule has 35 heavy (non-hydrogen) atoms. The van der Waals surface area contributed by atoms with Crippen LogP contribution in [0.25, 0.3) is 10.9 Å². The average molecular weight is 485 g/mol. The van der Waals surface area contributed by atoms with Gasteiger partial charge in [0.2, 0.25) is 12.2 Å². The molecule has 1 saturated heterocycles. The number of hydrogen-bond acceptors (Lipinski definition) is 6. The van der Waals surface area contributed by atoms with E-state index in [2.05, 4.69) is 0 Å². The number of fused-ring (bicyclic) bond motifs is 1. The molecule has 1 N–H and O–H groups in total. The van der Waals surface area contributed by atoms with Crippen molar-refractivity contribution in [3.8, 4) is 0 Å². The fourth-order valence-corrected chi connectivity index (χ4v) is 4.90. The summed E-state index contributed by atoms with van der Waals surface area (Å²) in [6, 6.07) is 7.81. The number of hydrogen-bond donors (Lipinski definition) is 1. The van der Waals surface area contributed by atoms with Crippen LogP contribution < -0.4 is 0 Å². The lowest BCUT2D eigenvalue weighted by molar-refractivity contribution is -0.156. The monoisotopic (exact) mass is 484 g/mol.